The summed E-state index contributed by atoms with van der Waals surface area (Å²) in [7, 11) is 4.24. The number of nitrogens with zero attached hydrogens (tertiary/aromatic N) is 1. The van der Waals surface area contributed by atoms with Crippen LogP contribution in [0.1, 0.15) is 41.6 Å². The van der Waals surface area contributed by atoms with E-state index in [9.17, 15) is 4.79 Å². The Bertz CT molecular complexity index is 474. The van der Waals surface area contributed by atoms with E-state index in [4.69, 9.17) is 5.11 Å². The van der Waals surface area contributed by atoms with Gasteiger partial charge in [0.25, 0.3) is 0 Å². The summed E-state index contributed by atoms with van der Waals surface area (Å²) in [5, 5.41) is 8.89. The van der Waals surface area contributed by atoms with Crippen molar-refractivity contribution in [2.24, 2.45) is 0 Å². The fraction of sp³-hybridized carbons (Fsp3) is 0.438. The van der Waals surface area contributed by atoms with E-state index in [1.165, 1.54) is 24.8 Å². The van der Waals surface area contributed by atoms with Crippen molar-refractivity contribution >= 4 is 12.0 Å². The lowest BCUT2D eigenvalue weighted by Gasteiger charge is -2.31. The molecule has 1 aliphatic rings. The van der Waals surface area contributed by atoms with Gasteiger partial charge < -0.3 is 10.0 Å². The maximum atomic E-state index is 10.8. The topological polar surface area (TPSA) is 40.5 Å². The van der Waals surface area contributed by atoms with E-state index >= 15 is 0 Å². The molecule has 19 heavy (non-hydrogen) atoms. The molecule has 0 amide bonds. The highest BCUT2D eigenvalue weighted by Crippen LogP contribution is 2.28. The molecule has 1 aromatic rings. The number of hydrogen-bond donors (Lipinski definition) is 1. The molecule has 0 heterocycles. The molecule has 102 valence electrons. The van der Waals surface area contributed by atoms with Crippen LogP contribution in [0.25, 0.3) is 6.08 Å². The van der Waals surface area contributed by atoms with Crippen molar-refractivity contribution < 1.29 is 9.90 Å². The minimum atomic E-state index is -0.872. The summed E-state index contributed by atoms with van der Waals surface area (Å²) in [6.45, 7) is 0. The second-order valence-corrected chi connectivity index (χ2v) is 5.37. The Labute approximate surface area is 114 Å². The van der Waals surface area contributed by atoms with Gasteiger partial charge in [0.2, 0.25) is 0 Å². The standard InChI is InChI=1S/C16H21NO2/c1-17(2)15-6-4-3-5-14(15)11-12-7-9-13(10-8-12)16(18)19/h7-11,15H,3-6H2,1-2H3,(H,18,19). The van der Waals surface area contributed by atoms with Gasteiger partial charge in [0.15, 0.2) is 0 Å². The SMILES string of the molecule is CN(C)C1CCCCC1=Cc1ccc(C(=O)O)cc1. The Morgan fingerprint density at radius 2 is 1.95 bits per heavy atom. The van der Waals surface area contributed by atoms with E-state index in [1.807, 2.05) is 12.1 Å². The van der Waals surface area contributed by atoms with Gasteiger partial charge in [-0.25, -0.2) is 4.79 Å². The van der Waals surface area contributed by atoms with Crippen LogP contribution in [0.2, 0.25) is 0 Å². The van der Waals surface area contributed by atoms with Crippen LogP contribution in [-0.4, -0.2) is 36.1 Å². The molecule has 1 N–H and O–H groups in total. The number of carboxylic acids is 1. The molecule has 1 unspecified atom stereocenters. The largest absolute Gasteiger partial charge is 0.478 e. The first-order valence-corrected chi connectivity index (χ1v) is 6.78. The van der Waals surface area contributed by atoms with Crippen LogP contribution >= 0.6 is 0 Å². The van der Waals surface area contributed by atoms with Gasteiger partial charge in [-0.2, -0.15) is 0 Å². The normalized spacial score (nSPS) is 21.8. The number of hydrogen-bond acceptors (Lipinski definition) is 2. The first kappa shape index (κ1) is 13.8. The zero-order valence-electron chi connectivity index (χ0n) is 11.6. The molecule has 3 nitrogen and oxygen atoms in total. The van der Waals surface area contributed by atoms with Crippen molar-refractivity contribution in [3.8, 4) is 0 Å². The molecule has 1 atom stereocenters. The lowest BCUT2D eigenvalue weighted by Crippen LogP contribution is -2.31. The minimum Gasteiger partial charge on any atom is -0.478 e. The van der Waals surface area contributed by atoms with Gasteiger partial charge >= 0.3 is 5.97 Å². The van der Waals surface area contributed by atoms with E-state index < -0.39 is 5.97 Å². The third-order valence-electron chi connectivity index (χ3n) is 3.75. The molecule has 1 aliphatic carbocycles. The number of rotatable bonds is 3. The van der Waals surface area contributed by atoms with Crippen LogP contribution in [0, 0.1) is 0 Å². The quantitative estimate of drug-likeness (QED) is 0.905. The molecular weight excluding hydrogens is 238 g/mol. The van der Waals surface area contributed by atoms with Crippen LogP contribution in [0.3, 0.4) is 0 Å². The Hall–Kier alpha value is -1.61. The van der Waals surface area contributed by atoms with E-state index in [0.29, 0.717) is 11.6 Å². The summed E-state index contributed by atoms with van der Waals surface area (Å²) in [6, 6.07) is 7.63. The van der Waals surface area contributed by atoms with Crippen molar-refractivity contribution in [2.45, 2.75) is 31.7 Å². The molecule has 1 aromatic carbocycles. The molecule has 0 radical (unpaired) electrons. The molecule has 2 rings (SSSR count). The molecule has 0 spiro atoms. The van der Waals surface area contributed by atoms with E-state index in [0.717, 1.165) is 12.0 Å². The molecule has 3 heteroatoms. The second-order valence-electron chi connectivity index (χ2n) is 5.37. The third kappa shape index (κ3) is 3.44. The number of aromatic carboxylic acids is 1. The molecular formula is C16H21NO2. The molecule has 0 aromatic heterocycles. The highest BCUT2D eigenvalue weighted by Gasteiger charge is 2.20. The third-order valence-corrected chi connectivity index (χ3v) is 3.75. The van der Waals surface area contributed by atoms with Gasteiger partial charge in [-0.15, -0.1) is 0 Å². The summed E-state index contributed by atoms with van der Waals surface area (Å²) >= 11 is 0. The predicted octanol–water partition coefficient (Wildman–Crippen LogP) is 3.27. The summed E-state index contributed by atoms with van der Waals surface area (Å²) in [6.07, 6.45) is 7.12. The first-order valence-electron chi connectivity index (χ1n) is 6.78. The van der Waals surface area contributed by atoms with E-state index in [1.54, 1.807) is 12.1 Å². The summed E-state index contributed by atoms with van der Waals surface area (Å²) in [5.74, 6) is -0.872. The summed E-state index contributed by atoms with van der Waals surface area (Å²) in [4.78, 5) is 13.1. The van der Waals surface area contributed by atoms with E-state index in [2.05, 4.69) is 25.1 Å². The molecule has 0 aliphatic heterocycles. The fourth-order valence-electron chi connectivity index (χ4n) is 2.71. The van der Waals surface area contributed by atoms with Gasteiger partial charge in [0.1, 0.15) is 0 Å². The van der Waals surface area contributed by atoms with Crippen molar-refractivity contribution in [1.82, 2.24) is 4.90 Å². The molecule has 1 fully saturated rings. The van der Waals surface area contributed by atoms with Crippen LogP contribution in [0.4, 0.5) is 0 Å². The Morgan fingerprint density at radius 1 is 1.26 bits per heavy atom. The van der Waals surface area contributed by atoms with Crippen LogP contribution in [-0.2, 0) is 0 Å². The number of carboxylic acid groups (broad SMARTS) is 1. The van der Waals surface area contributed by atoms with Crippen molar-refractivity contribution in [2.75, 3.05) is 14.1 Å². The zero-order chi connectivity index (χ0) is 13.8. The number of benzene rings is 1. The summed E-state index contributed by atoms with van der Waals surface area (Å²) < 4.78 is 0. The van der Waals surface area contributed by atoms with Crippen LogP contribution < -0.4 is 0 Å². The molecule has 1 saturated carbocycles. The van der Waals surface area contributed by atoms with Gasteiger partial charge in [-0.05, 0) is 51.1 Å². The Kier molecular flexibility index (Phi) is 4.38. The second kappa shape index (κ2) is 6.02. The van der Waals surface area contributed by atoms with Crippen molar-refractivity contribution in [1.29, 1.82) is 0 Å². The van der Waals surface area contributed by atoms with Gasteiger partial charge in [0, 0.05) is 6.04 Å². The number of carbonyl (C=O) groups is 1. The predicted molar refractivity (Wildman–Crippen MR) is 77.3 cm³/mol. The van der Waals surface area contributed by atoms with Crippen LogP contribution in [0.15, 0.2) is 29.8 Å². The molecule has 0 saturated heterocycles. The monoisotopic (exact) mass is 259 g/mol. The average molecular weight is 259 g/mol. The first-order chi connectivity index (χ1) is 9.08. The maximum Gasteiger partial charge on any atom is 0.335 e. The highest BCUT2D eigenvalue weighted by atomic mass is 16.4. The zero-order valence-corrected chi connectivity index (χ0v) is 11.6. The van der Waals surface area contributed by atoms with Gasteiger partial charge in [-0.1, -0.05) is 30.2 Å². The Balaban J connectivity index is 2.20. The minimum absolute atomic E-state index is 0.343. The lowest BCUT2D eigenvalue weighted by atomic mass is 9.88. The highest BCUT2D eigenvalue weighted by molar-refractivity contribution is 5.87. The molecule has 0 bridgehead atoms. The van der Waals surface area contributed by atoms with Gasteiger partial charge in [-0.3, -0.25) is 0 Å². The lowest BCUT2D eigenvalue weighted by molar-refractivity contribution is 0.0697. The smallest absolute Gasteiger partial charge is 0.335 e. The van der Waals surface area contributed by atoms with Crippen molar-refractivity contribution in [3.05, 3.63) is 41.0 Å². The maximum absolute atomic E-state index is 10.8. The average Bonchev–Trinajstić information content (AvgIpc) is 2.39. The fourth-order valence-corrected chi connectivity index (χ4v) is 2.71. The van der Waals surface area contributed by atoms with Gasteiger partial charge in [0.05, 0.1) is 5.56 Å². The Morgan fingerprint density at radius 3 is 2.53 bits per heavy atom. The van der Waals surface area contributed by atoms with E-state index in [-0.39, 0.29) is 0 Å². The number of likely N-dealkylation sites (N-methyl/N-ethyl adjacent to an activating group) is 1. The van der Waals surface area contributed by atoms with Crippen LogP contribution in [0.5, 0.6) is 0 Å². The van der Waals surface area contributed by atoms with Crippen molar-refractivity contribution in [3.63, 3.8) is 0 Å². The summed E-state index contributed by atoms with van der Waals surface area (Å²) in [5.41, 5.74) is 2.89.